The number of hydrogen-bond acceptors (Lipinski definition) is 4. The monoisotopic (exact) mass is 404 g/mol. The second kappa shape index (κ2) is 6.83. The third-order valence-corrected chi connectivity index (χ3v) is 4.28. The van der Waals surface area contributed by atoms with Crippen molar-refractivity contribution in [3.05, 3.63) is 43.2 Å². The predicted octanol–water partition coefficient (Wildman–Crippen LogP) is 4.14. The van der Waals surface area contributed by atoms with Gasteiger partial charge in [-0.25, -0.2) is 4.98 Å². The Hall–Kier alpha value is -0.430. The molecule has 0 amide bonds. The molecule has 102 valence electrons. The Morgan fingerprint density at radius 1 is 1.37 bits per heavy atom. The minimum atomic E-state index is 0.139. The third-order valence-electron chi connectivity index (χ3n) is 2.46. The number of aromatic nitrogens is 1. The fourth-order valence-corrected chi connectivity index (χ4v) is 3.75. The molecule has 2 rings (SSSR count). The van der Waals surface area contributed by atoms with E-state index in [-0.39, 0.29) is 6.04 Å². The maximum absolute atomic E-state index is 5.82. The Labute approximate surface area is 133 Å². The fraction of sp³-hybridized carbons (Fsp3) is 0.308. The van der Waals surface area contributed by atoms with Gasteiger partial charge in [0, 0.05) is 11.4 Å². The van der Waals surface area contributed by atoms with Crippen LogP contribution in [0.15, 0.2) is 32.0 Å². The van der Waals surface area contributed by atoms with E-state index in [9.17, 15) is 0 Å². The van der Waals surface area contributed by atoms with Gasteiger partial charge in [-0.05, 0) is 62.9 Å². The summed E-state index contributed by atoms with van der Waals surface area (Å²) in [7, 11) is 0. The van der Waals surface area contributed by atoms with Crippen LogP contribution in [-0.4, -0.2) is 11.0 Å². The van der Waals surface area contributed by atoms with E-state index in [1.807, 2.05) is 24.4 Å². The van der Waals surface area contributed by atoms with Gasteiger partial charge in [-0.2, -0.15) is 0 Å². The molecule has 1 heterocycles. The maximum atomic E-state index is 5.82. The second-order valence-electron chi connectivity index (χ2n) is 4.34. The zero-order chi connectivity index (χ0) is 13.8. The van der Waals surface area contributed by atoms with E-state index in [0.717, 1.165) is 26.8 Å². The molecule has 1 atom stereocenters. The van der Waals surface area contributed by atoms with E-state index in [0.29, 0.717) is 6.61 Å². The highest BCUT2D eigenvalue weighted by Crippen LogP contribution is 2.35. The van der Waals surface area contributed by atoms with Crippen LogP contribution < -0.4 is 10.5 Å². The number of hydrogen-bond donors (Lipinski definition) is 1. The number of nitrogens with two attached hydrogens (primary N) is 1. The minimum Gasteiger partial charge on any atom is -0.485 e. The molecule has 19 heavy (non-hydrogen) atoms. The minimum absolute atomic E-state index is 0.139. The lowest BCUT2D eigenvalue weighted by Crippen LogP contribution is -2.17. The van der Waals surface area contributed by atoms with Crippen molar-refractivity contribution < 1.29 is 4.74 Å². The van der Waals surface area contributed by atoms with Crippen molar-refractivity contribution in [2.24, 2.45) is 5.73 Å². The molecule has 0 saturated carbocycles. The summed E-state index contributed by atoms with van der Waals surface area (Å²) >= 11 is 8.64. The number of halogens is 2. The van der Waals surface area contributed by atoms with Crippen LogP contribution in [0.1, 0.15) is 18.2 Å². The molecule has 1 unspecified atom stereocenters. The zero-order valence-electron chi connectivity index (χ0n) is 10.4. The lowest BCUT2D eigenvalue weighted by atomic mass is 10.1. The molecule has 0 bridgehead atoms. The summed E-state index contributed by atoms with van der Waals surface area (Å²) in [6.07, 6.45) is 0.837. The summed E-state index contributed by atoms with van der Waals surface area (Å²) in [4.78, 5) is 4.19. The molecule has 0 radical (unpaired) electrons. The fourth-order valence-electron chi connectivity index (χ4n) is 1.69. The first-order valence-electron chi connectivity index (χ1n) is 5.79. The quantitative estimate of drug-likeness (QED) is 0.813. The van der Waals surface area contributed by atoms with Crippen molar-refractivity contribution in [1.82, 2.24) is 4.98 Å². The molecule has 1 aromatic heterocycles. The molecule has 3 nitrogen and oxygen atoms in total. The van der Waals surface area contributed by atoms with E-state index in [2.05, 4.69) is 36.8 Å². The van der Waals surface area contributed by atoms with Gasteiger partial charge in [0.1, 0.15) is 12.4 Å². The first-order chi connectivity index (χ1) is 9.06. The van der Waals surface area contributed by atoms with E-state index < -0.39 is 0 Å². The highest BCUT2D eigenvalue weighted by atomic mass is 79.9. The van der Waals surface area contributed by atoms with Crippen LogP contribution >= 0.6 is 43.2 Å². The summed E-state index contributed by atoms with van der Waals surface area (Å²) < 4.78 is 7.64. The van der Waals surface area contributed by atoms with E-state index >= 15 is 0 Å². The SMILES string of the molecule is CC(N)Cc1cc(Br)c(OCc2cscn2)c(Br)c1. The largest absolute Gasteiger partial charge is 0.485 e. The third kappa shape index (κ3) is 4.27. The second-order valence-corrected chi connectivity index (χ2v) is 6.77. The summed E-state index contributed by atoms with van der Waals surface area (Å²) in [5, 5.41) is 1.98. The first-order valence-corrected chi connectivity index (χ1v) is 8.32. The van der Waals surface area contributed by atoms with Crippen LogP contribution in [0.4, 0.5) is 0 Å². The predicted molar refractivity (Wildman–Crippen MR) is 85.6 cm³/mol. The average molecular weight is 406 g/mol. The molecule has 1 aromatic carbocycles. The molecule has 0 saturated heterocycles. The molecule has 2 N–H and O–H groups in total. The van der Waals surface area contributed by atoms with Gasteiger partial charge < -0.3 is 10.5 Å². The van der Waals surface area contributed by atoms with Crippen molar-refractivity contribution in [2.75, 3.05) is 0 Å². The first kappa shape index (κ1) is 15.0. The molecule has 0 fully saturated rings. The molecule has 0 aliphatic heterocycles. The van der Waals surface area contributed by atoms with Crippen molar-refractivity contribution in [3.63, 3.8) is 0 Å². The van der Waals surface area contributed by atoms with Gasteiger partial charge in [0.25, 0.3) is 0 Å². The molecular weight excluding hydrogens is 392 g/mol. The van der Waals surface area contributed by atoms with Crippen LogP contribution in [0.2, 0.25) is 0 Å². The lowest BCUT2D eigenvalue weighted by Gasteiger charge is -2.12. The van der Waals surface area contributed by atoms with Crippen molar-refractivity contribution in [2.45, 2.75) is 26.0 Å². The Morgan fingerprint density at radius 2 is 2.05 bits per heavy atom. The van der Waals surface area contributed by atoms with Crippen LogP contribution in [-0.2, 0) is 13.0 Å². The maximum Gasteiger partial charge on any atom is 0.148 e. The number of benzene rings is 1. The highest BCUT2D eigenvalue weighted by molar-refractivity contribution is 9.11. The van der Waals surface area contributed by atoms with Gasteiger partial charge in [-0.15, -0.1) is 11.3 Å². The van der Waals surface area contributed by atoms with E-state index in [4.69, 9.17) is 10.5 Å². The Morgan fingerprint density at radius 3 is 2.58 bits per heavy atom. The van der Waals surface area contributed by atoms with Gasteiger partial charge >= 0.3 is 0 Å². The van der Waals surface area contributed by atoms with Crippen LogP contribution in [0.25, 0.3) is 0 Å². The summed E-state index contributed by atoms with van der Waals surface area (Å²) in [5.41, 5.74) is 9.73. The summed E-state index contributed by atoms with van der Waals surface area (Å²) in [6, 6.07) is 4.23. The van der Waals surface area contributed by atoms with Gasteiger partial charge in [0.15, 0.2) is 0 Å². The van der Waals surface area contributed by atoms with Gasteiger partial charge in [0.2, 0.25) is 0 Å². The van der Waals surface area contributed by atoms with Crippen molar-refractivity contribution >= 4 is 43.2 Å². The molecule has 2 aromatic rings. The molecule has 0 aliphatic carbocycles. The number of ether oxygens (including phenoxy) is 1. The van der Waals surface area contributed by atoms with E-state index in [1.54, 1.807) is 16.8 Å². The number of rotatable bonds is 5. The van der Waals surface area contributed by atoms with Crippen molar-refractivity contribution in [3.8, 4) is 5.75 Å². The molecule has 6 heteroatoms. The normalized spacial score (nSPS) is 12.4. The van der Waals surface area contributed by atoms with Gasteiger partial charge in [-0.1, -0.05) is 0 Å². The Bertz CT molecular complexity index is 521. The van der Waals surface area contributed by atoms with E-state index in [1.165, 1.54) is 5.56 Å². The van der Waals surface area contributed by atoms with Crippen molar-refractivity contribution in [1.29, 1.82) is 0 Å². The van der Waals surface area contributed by atoms with Crippen LogP contribution in [0, 0.1) is 0 Å². The van der Waals surface area contributed by atoms with Gasteiger partial charge in [-0.3, -0.25) is 0 Å². The van der Waals surface area contributed by atoms with Crippen LogP contribution in [0.3, 0.4) is 0 Å². The Kier molecular flexibility index (Phi) is 5.38. The van der Waals surface area contributed by atoms with Gasteiger partial charge in [0.05, 0.1) is 20.1 Å². The highest BCUT2D eigenvalue weighted by Gasteiger charge is 2.10. The molecular formula is C13H14Br2N2OS. The standard InChI is InChI=1S/C13H14Br2N2OS/c1-8(16)2-9-3-11(14)13(12(15)4-9)18-5-10-6-19-7-17-10/h3-4,6-8H,2,5,16H2,1H3. The summed E-state index contributed by atoms with van der Waals surface area (Å²) in [6.45, 7) is 2.46. The molecule has 0 aliphatic rings. The Balaban J connectivity index is 2.12. The lowest BCUT2D eigenvalue weighted by molar-refractivity contribution is 0.298. The number of thiazole rings is 1. The topological polar surface area (TPSA) is 48.1 Å². The average Bonchev–Trinajstić information content (AvgIpc) is 2.79. The smallest absolute Gasteiger partial charge is 0.148 e. The molecule has 0 spiro atoms. The number of nitrogens with zero attached hydrogens (tertiary/aromatic N) is 1. The van der Waals surface area contributed by atoms with Crippen LogP contribution in [0.5, 0.6) is 5.75 Å². The summed E-state index contributed by atoms with van der Waals surface area (Å²) in [5.74, 6) is 0.793. The zero-order valence-corrected chi connectivity index (χ0v) is 14.4.